The van der Waals surface area contributed by atoms with Crippen molar-refractivity contribution in [2.45, 2.75) is 32.4 Å². The lowest BCUT2D eigenvalue weighted by Gasteiger charge is -2.32. The number of rotatable bonds is 5. The van der Waals surface area contributed by atoms with E-state index in [1.165, 1.54) is 11.1 Å². The fraction of sp³-hybridized carbons (Fsp3) is 0.562. The fourth-order valence-corrected chi connectivity index (χ4v) is 2.87. The van der Waals surface area contributed by atoms with Crippen LogP contribution in [0, 0.1) is 6.92 Å². The van der Waals surface area contributed by atoms with Gasteiger partial charge in [0, 0.05) is 37.3 Å². The molecule has 1 aromatic rings. The lowest BCUT2D eigenvalue weighted by Crippen LogP contribution is -2.45. The van der Waals surface area contributed by atoms with Crippen molar-refractivity contribution in [1.29, 1.82) is 0 Å². The Bertz CT molecular complexity index is 485. The number of nitrogens with one attached hydrogen (secondary N) is 1. The van der Waals surface area contributed by atoms with Gasteiger partial charge in [-0.1, -0.05) is 28.1 Å². The molecule has 5 heteroatoms. The molecule has 0 saturated carbocycles. The average molecular weight is 355 g/mol. The van der Waals surface area contributed by atoms with Crippen molar-refractivity contribution < 1.29 is 9.53 Å². The summed E-state index contributed by atoms with van der Waals surface area (Å²) in [7, 11) is 1.56. The van der Waals surface area contributed by atoms with E-state index >= 15 is 0 Å². The molecule has 0 aliphatic carbocycles. The number of hydrogen-bond acceptors (Lipinski definition) is 3. The quantitative estimate of drug-likeness (QED) is 0.882. The van der Waals surface area contributed by atoms with E-state index in [9.17, 15) is 4.79 Å². The highest BCUT2D eigenvalue weighted by Gasteiger charge is 2.22. The maximum absolute atomic E-state index is 11.7. The number of piperidine rings is 1. The van der Waals surface area contributed by atoms with Crippen LogP contribution in [-0.4, -0.2) is 43.7 Å². The second-order valence-electron chi connectivity index (χ2n) is 5.55. The molecule has 1 saturated heterocycles. The third-order valence-electron chi connectivity index (χ3n) is 3.93. The summed E-state index contributed by atoms with van der Waals surface area (Å²) in [4.78, 5) is 13.6. The number of nitrogens with zero attached hydrogens (tertiary/aromatic N) is 1. The Morgan fingerprint density at radius 2 is 2.14 bits per heavy atom. The summed E-state index contributed by atoms with van der Waals surface area (Å²) < 4.78 is 6.05. The van der Waals surface area contributed by atoms with Gasteiger partial charge in [-0.3, -0.25) is 4.79 Å². The van der Waals surface area contributed by atoms with E-state index in [1.807, 2.05) is 4.90 Å². The van der Waals surface area contributed by atoms with E-state index < -0.39 is 0 Å². The molecule has 1 aliphatic rings. The molecule has 1 N–H and O–H groups in total. The van der Waals surface area contributed by atoms with Crippen LogP contribution in [0.25, 0.3) is 0 Å². The summed E-state index contributed by atoms with van der Waals surface area (Å²) in [6.07, 6.45) is 2.01. The molecule has 0 atom stereocenters. The van der Waals surface area contributed by atoms with Gasteiger partial charge in [-0.15, -0.1) is 0 Å². The highest BCUT2D eigenvalue weighted by atomic mass is 79.9. The first-order chi connectivity index (χ1) is 10.1. The summed E-state index contributed by atoms with van der Waals surface area (Å²) in [6, 6.07) is 6.93. The van der Waals surface area contributed by atoms with E-state index in [1.54, 1.807) is 7.11 Å². The largest absolute Gasteiger partial charge is 0.375 e. The first-order valence-electron chi connectivity index (χ1n) is 7.35. The molecule has 4 nitrogen and oxygen atoms in total. The number of carbonyl (C=O) groups excluding carboxylic acids is 1. The maximum atomic E-state index is 11.7. The molecule has 1 aliphatic heterocycles. The lowest BCUT2D eigenvalue weighted by molar-refractivity contribution is -0.136. The second kappa shape index (κ2) is 7.92. The van der Waals surface area contributed by atoms with Gasteiger partial charge in [0.05, 0.1) is 0 Å². The second-order valence-corrected chi connectivity index (χ2v) is 6.41. The van der Waals surface area contributed by atoms with Gasteiger partial charge in [0.1, 0.15) is 6.61 Å². The topological polar surface area (TPSA) is 41.6 Å². The Labute approximate surface area is 135 Å². The van der Waals surface area contributed by atoms with E-state index in [-0.39, 0.29) is 12.5 Å². The number of aryl methyl sites for hydroxylation is 1. The van der Waals surface area contributed by atoms with Gasteiger partial charge in [0.2, 0.25) is 5.91 Å². The molecular formula is C16H23BrN2O2. The molecule has 1 amide bonds. The van der Waals surface area contributed by atoms with Gasteiger partial charge in [0.15, 0.2) is 0 Å². The predicted molar refractivity (Wildman–Crippen MR) is 87.2 cm³/mol. The van der Waals surface area contributed by atoms with Crippen LogP contribution >= 0.6 is 15.9 Å². The van der Waals surface area contributed by atoms with Crippen LogP contribution in [-0.2, 0) is 16.1 Å². The SMILES string of the molecule is COCC(=O)N1CCC(NCc2ccc(Br)c(C)c2)CC1. The van der Waals surface area contributed by atoms with Crippen molar-refractivity contribution in [3.05, 3.63) is 33.8 Å². The minimum absolute atomic E-state index is 0.0967. The van der Waals surface area contributed by atoms with Crippen molar-refractivity contribution in [1.82, 2.24) is 10.2 Å². The molecule has 116 valence electrons. The molecule has 0 bridgehead atoms. The van der Waals surface area contributed by atoms with Crippen molar-refractivity contribution in [3.63, 3.8) is 0 Å². The summed E-state index contributed by atoms with van der Waals surface area (Å²) in [5.74, 6) is 0.0967. The molecule has 0 spiro atoms. The Morgan fingerprint density at radius 3 is 2.76 bits per heavy atom. The molecule has 1 fully saturated rings. The lowest BCUT2D eigenvalue weighted by atomic mass is 10.0. The van der Waals surface area contributed by atoms with Crippen LogP contribution in [0.5, 0.6) is 0 Å². The van der Waals surface area contributed by atoms with Crippen molar-refractivity contribution in [2.24, 2.45) is 0 Å². The smallest absolute Gasteiger partial charge is 0.248 e. The molecule has 2 rings (SSSR count). The van der Waals surface area contributed by atoms with Crippen LogP contribution in [0.3, 0.4) is 0 Å². The third kappa shape index (κ3) is 4.80. The zero-order chi connectivity index (χ0) is 15.2. The first-order valence-corrected chi connectivity index (χ1v) is 8.14. The average Bonchev–Trinajstić information content (AvgIpc) is 2.49. The number of methoxy groups -OCH3 is 1. The van der Waals surface area contributed by atoms with Crippen LogP contribution in [0.4, 0.5) is 0 Å². The third-order valence-corrected chi connectivity index (χ3v) is 4.82. The number of ether oxygens (including phenoxy) is 1. The molecular weight excluding hydrogens is 332 g/mol. The first kappa shape index (κ1) is 16.5. The molecule has 0 unspecified atom stereocenters. The summed E-state index contributed by atoms with van der Waals surface area (Å²) in [5, 5.41) is 3.59. The molecule has 1 heterocycles. The Kier molecular flexibility index (Phi) is 6.21. The number of carbonyl (C=O) groups is 1. The van der Waals surface area contributed by atoms with Gasteiger partial charge in [-0.05, 0) is 37.0 Å². The van der Waals surface area contributed by atoms with Gasteiger partial charge >= 0.3 is 0 Å². The number of amides is 1. The molecule has 0 aromatic heterocycles. The minimum Gasteiger partial charge on any atom is -0.375 e. The normalized spacial score (nSPS) is 16.2. The van der Waals surface area contributed by atoms with Crippen LogP contribution in [0.2, 0.25) is 0 Å². The molecule has 1 aromatic carbocycles. The zero-order valence-electron chi connectivity index (χ0n) is 12.7. The zero-order valence-corrected chi connectivity index (χ0v) is 14.3. The number of halogens is 1. The highest BCUT2D eigenvalue weighted by molar-refractivity contribution is 9.10. The molecule has 0 radical (unpaired) electrons. The van der Waals surface area contributed by atoms with Crippen molar-refractivity contribution in [2.75, 3.05) is 26.8 Å². The highest BCUT2D eigenvalue weighted by Crippen LogP contribution is 2.17. The molecule has 21 heavy (non-hydrogen) atoms. The Balaban J connectivity index is 1.76. The van der Waals surface area contributed by atoms with E-state index in [0.29, 0.717) is 6.04 Å². The van der Waals surface area contributed by atoms with Gasteiger partial charge in [0.25, 0.3) is 0 Å². The van der Waals surface area contributed by atoms with Gasteiger partial charge in [-0.2, -0.15) is 0 Å². The predicted octanol–water partition coefficient (Wildman–Crippen LogP) is 2.48. The van der Waals surface area contributed by atoms with E-state index in [2.05, 4.69) is 46.4 Å². The van der Waals surface area contributed by atoms with Crippen LogP contribution in [0.15, 0.2) is 22.7 Å². The summed E-state index contributed by atoms with van der Waals surface area (Å²) in [5.41, 5.74) is 2.56. The maximum Gasteiger partial charge on any atom is 0.248 e. The Morgan fingerprint density at radius 1 is 1.43 bits per heavy atom. The van der Waals surface area contributed by atoms with E-state index in [4.69, 9.17) is 4.74 Å². The number of benzene rings is 1. The summed E-state index contributed by atoms with van der Waals surface area (Å²) in [6.45, 7) is 4.81. The van der Waals surface area contributed by atoms with Crippen LogP contribution in [0.1, 0.15) is 24.0 Å². The fourth-order valence-electron chi connectivity index (χ4n) is 2.63. The number of likely N-dealkylation sites (tertiary alicyclic amines) is 1. The van der Waals surface area contributed by atoms with Crippen molar-refractivity contribution in [3.8, 4) is 0 Å². The number of hydrogen-bond donors (Lipinski definition) is 1. The Hall–Kier alpha value is -0.910. The minimum atomic E-state index is 0.0967. The van der Waals surface area contributed by atoms with Gasteiger partial charge < -0.3 is 15.0 Å². The summed E-state index contributed by atoms with van der Waals surface area (Å²) >= 11 is 3.52. The van der Waals surface area contributed by atoms with Crippen LogP contribution < -0.4 is 5.32 Å². The standard InChI is InChI=1S/C16H23BrN2O2/c1-12-9-13(3-4-15(12)17)10-18-14-5-7-19(8-6-14)16(20)11-21-2/h3-4,9,14,18H,5-8,10-11H2,1-2H3. The van der Waals surface area contributed by atoms with Gasteiger partial charge in [-0.25, -0.2) is 0 Å². The monoisotopic (exact) mass is 354 g/mol. The van der Waals surface area contributed by atoms with E-state index in [0.717, 1.165) is 36.9 Å². The van der Waals surface area contributed by atoms with Crippen molar-refractivity contribution >= 4 is 21.8 Å².